The molecule has 2 atom stereocenters. The molecule has 1 aliphatic rings. The van der Waals surface area contributed by atoms with Gasteiger partial charge in [-0.25, -0.2) is 0 Å². The molecule has 1 aliphatic heterocycles. The molecule has 1 heterocycles. The van der Waals surface area contributed by atoms with Gasteiger partial charge in [-0.2, -0.15) is 0 Å². The van der Waals surface area contributed by atoms with Crippen LogP contribution in [-0.4, -0.2) is 29.2 Å². The van der Waals surface area contributed by atoms with E-state index in [9.17, 15) is 9.59 Å². The van der Waals surface area contributed by atoms with Crippen molar-refractivity contribution in [3.63, 3.8) is 0 Å². The summed E-state index contributed by atoms with van der Waals surface area (Å²) in [5.41, 5.74) is 1.50. The molecule has 3 rings (SSSR count). The molecule has 1 fully saturated rings. The summed E-state index contributed by atoms with van der Waals surface area (Å²) in [6.45, 7) is 8.89. The molecule has 0 spiro atoms. The topological polar surface area (TPSA) is 46.6 Å². The van der Waals surface area contributed by atoms with Crippen molar-refractivity contribution in [2.24, 2.45) is 5.92 Å². The van der Waals surface area contributed by atoms with Gasteiger partial charge >= 0.3 is 0 Å². The molecule has 0 aliphatic carbocycles. The first-order valence-electron chi connectivity index (χ1n) is 10.4. The Morgan fingerprint density at radius 3 is 2.34 bits per heavy atom. The second-order valence-electron chi connectivity index (χ2n) is 8.64. The molecule has 29 heavy (non-hydrogen) atoms. The van der Waals surface area contributed by atoms with Gasteiger partial charge in [-0.3, -0.25) is 9.59 Å². The van der Waals surface area contributed by atoms with Gasteiger partial charge in [-0.05, 0) is 55.9 Å². The van der Waals surface area contributed by atoms with E-state index in [2.05, 4.69) is 13.8 Å². The molecule has 0 N–H and O–H groups in total. The Hall–Kier alpha value is -2.62. The predicted molar refractivity (Wildman–Crippen MR) is 115 cm³/mol. The number of ether oxygens (including phenoxy) is 1. The van der Waals surface area contributed by atoms with Crippen molar-refractivity contribution in [2.45, 2.75) is 58.6 Å². The van der Waals surface area contributed by atoms with Crippen molar-refractivity contribution >= 4 is 11.7 Å². The number of Topliss-reactive ketones (excluding diaryl/α,β-unsaturated/α-hetero) is 1. The summed E-state index contributed by atoms with van der Waals surface area (Å²) < 4.78 is 5.86. The van der Waals surface area contributed by atoms with Gasteiger partial charge < -0.3 is 9.64 Å². The molecular formula is C25H31NO3. The third-order valence-corrected chi connectivity index (χ3v) is 5.87. The molecule has 0 aromatic heterocycles. The number of carbonyl (C=O) groups is 2. The summed E-state index contributed by atoms with van der Waals surface area (Å²) in [4.78, 5) is 27.3. The zero-order valence-electron chi connectivity index (χ0n) is 17.9. The summed E-state index contributed by atoms with van der Waals surface area (Å²) in [6, 6.07) is 17.5. The van der Waals surface area contributed by atoms with Crippen LogP contribution in [0.25, 0.3) is 0 Å². The van der Waals surface area contributed by atoms with E-state index in [1.165, 1.54) is 0 Å². The van der Waals surface area contributed by atoms with Crippen molar-refractivity contribution in [3.8, 4) is 5.75 Å². The first-order chi connectivity index (χ1) is 13.8. The zero-order chi connectivity index (χ0) is 21.0. The molecule has 2 aromatic rings. The van der Waals surface area contributed by atoms with Crippen LogP contribution in [0, 0.1) is 5.92 Å². The monoisotopic (exact) mass is 393 g/mol. The van der Waals surface area contributed by atoms with E-state index in [0.29, 0.717) is 25.5 Å². The maximum atomic E-state index is 13.3. The molecule has 1 saturated heterocycles. The molecule has 154 valence electrons. The van der Waals surface area contributed by atoms with Crippen LogP contribution in [0.4, 0.5) is 0 Å². The third-order valence-electron chi connectivity index (χ3n) is 5.87. The van der Waals surface area contributed by atoms with Crippen LogP contribution in [-0.2, 0) is 21.6 Å². The highest BCUT2D eigenvalue weighted by Gasteiger charge is 2.47. The molecule has 4 nitrogen and oxygen atoms in total. The standard InChI is InChI=1S/C25H31NO3/c1-18(2)16-23(19(3)27)26-15-14-25(4,24(26)28)21-10-12-22(13-11-21)29-17-20-8-6-5-7-9-20/h5-13,18,23H,14-17H2,1-4H3. The quantitative estimate of drug-likeness (QED) is 0.650. The van der Waals surface area contributed by atoms with Crippen LogP contribution in [0.2, 0.25) is 0 Å². The maximum Gasteiger partial charge on any atom is 0.233 e. The normalized spacial score (nSPS) is 20.2. The molecule has 2 aromatic carbocycles. The molecule has 0 radical (unpaired) electrons. The van der Waals surface area contributed by atoms with Gasteiger partial charge in [0.15, 0.2) is 5.78 Å². The summed E-state index contributed by atoms with van der Waals surface area (Å²) >= 11 is 0. The first kappa shape index (κ1) is 21.1. The minimum absolute atomic E-state index is 0.0521. The lowest BCUT2D eigenvalue weighted by Crippen LogP contribution is -2.45. The number of hydrogen-bond donors (Lipinski definition) is 0. The fourth-order valence-corrected chi connectivity index (χ4v) is 4.05. The van der Waals surface area contributed by atoms with Crippen molar-refractivity contribution in [2.75, 3.05) is 6.54 Å². The Balaban J connectivity index is 1.71. The predicted octanol–water partition coefficient (Wildman–Crippen LogP) is 4.76. The average Bonchev–Trinajstić information content (AvgIpc) is 3.01. The second-order valence-corrected chi connectivity index (χ2v) is 8.64. The van der Waals surface area contributed by atoms with Gasteiger partial charge in [0, 0.05) is 6.54 Å². The van der Waals surface area contributed by atoms with Crippen molar-refractivity contribution in [1.82, 2.24) is 4.90 Å². The van der Waals surface area contributed by atoms with Gasteiger partial charge in [0.05, 0.1) is 11.5 Å². The van der Waals surface area contributed by atoms with Crippen molar-refractivity contribution in [3.05, 3.63) is 65.7 Å². The minimum Gasteiger partial charge on any atom is -0.489 e. The van der Waals surface area contributed by atoms with Crippen molar-refractivity contribution in [1.29, 1.82) is 0 Å². The Bertz CT molecular complexity index is 844. The minimum atomic E-state index is -0.595. The van der Waals surface area contributed by atoms with E-state index >= 15 is 0 Å². The molecule has 0 saturated carbocycles. The van der Waals surface area contributed by atoms with Gasteiger partial charge in [-0.15, -0.1) is 0 Å². The Labute approximate surface area is 173 Å². The van der Waals surface area contributed by atoms with Crippen LogP contribution >= 0.6 is 0 Å². The summed E-state index contributed by atoms with van der Waals surface area (Å²) in [7, 11) is 0. The largest absolute Gasteiger partial charge is 0.489 e. The molecule has 1 amide bonds. The van der Waals surface area contributed by atoms with E-state index in [1.807, 2.05) is 61.5 Å². The fourth-order valence-electron chi connectivity index (χ4n) is 4.05. The Kier molecular flexibility index (Phi) is 6.41. The number of ketones is 1. The Morgan fingerprint density at radius 1 is 1.10 bits per heavy atom. The van der Waals surface area contributed by atoms with Crippen LogP contribution in [0.3, 0.4) is 0 Å². The smallest absolute Gasteiger partial charge is 0.233 e. The van der Waals surface area contributed by atoms with E-state index in [4.69, 9.17) is 4.74 Å². The summed E-state index contributed by atoms with van der Waals surface area (Å²) in [6.07, 6.45) is 1.43. The van der Waals surface area contributed by atoms with E-state index in [0.717, 1.165) is 23.3 Å². The van der Waals surface area contributed by atoms with Crippen LogP contribution in [0.15, 0.2) is 54.6 Å². The van der Waals surface area contributed by atoms with Gasteiger partial charge in [0.2, 0.25) is 5.91 Å². The fraction of sp³-hybridized carbons (Fsp3) is 0.440. The van der Waals surface area contributed by atoms with Gasteiger partial charge in [-0.1, -0.05) is 56.3 Å². The molecule has 0 bridgehead atoms. The zero-order valence-corrected chi connectivity index (χ0v) is 17.9. The highest BCUT2D eigenvalue weighted by molar-refractivity contribution is 5.94. The third kappa shape index (κ3) is 4.69. The van der Waals surface area contributed by atoms with E-state index < -0.39 is 5.41 Å². The highest BCUT2D eigenvalue weighted by atomic mass is 16.5. The lowest BCUT2D eigenvalue weighted by atomic mass is 9.81. The van der Waals surface area contributed by atoms with Crippen molar-refractivity contribution < 1.29 is 14.3 Å². The van der Waals surface area contributed by atoms with Gasteiger partial charge in [0.25, 0.3) is 0 Å². The molecular weight excluding hydrogens is 362 g/mol. The lowest BCUT2D eigenvalue weighted by Gasteiger charge is -2.30. The van der Waals surface area contributed by atoms with Crippen LogP contribution < -0.4 is 4.74 Å². The van der Waals surface area contributed by atoms with Crippen LogP contribution in [0.5, 0.6) is 5.75 Å². The highest BCUT2D eigenvalue weighted by Crippen LogP contribution is 2.38. The summed E-state index contributed by atoms with van der Waals surface area (Å²) in [5.74, 6) is 1.27. The van der Waals surface area contributed by atoms with E-state index in [-0.39, 0.29) is 17.7 Å². The maximum absolute atomic E-state index is 13.3. The van der Waals surface area contributed by atoms with Crippen LogP contribution in [0.1, 0.15) is 51.7 Å². The van der Waals surface area contributed by atoms with Gasteiger partial charge in [0.1, 0.15) is 12.4 Å². The number of likely N-dealkylation sites (tertiary alicyclic amines) is 1. The number of benzene rings is 2. The van der Waals surface area contributed by atoms with E-state index in [1.54, 1.807) is 11.8 Å². The number of hydrogen-bond acceptors (Lipinski definition) is 3. The number of nitrogens with zero attached hydrogens (tertiary/aromatic N) is 1. The second kappa shape index (κ2) is 8.81. The average molecular weight is 394 g/mol. The lowest BCUT2D eigenvalue weighted by molar-refractivity contribution is -0.139. The molecule has 4 heteroatoms. The number of carbonyl (C=O) groups excluding carboxylic acids is 2. The summed E-state index contributed by atoms with van der Waals surface area (Å²) in [5, 5.41) is 0. The Morgan fingerprint density at radius 2 is 1.76 bits per heavy atom. The SMILES string of the molecule is CC(=O)C(CC(C)C)N1CCC(C)(c2ccc(OCc3ccccc3)cc2)C1=O. The first-order valence-corrected chi connectivity index (χ1v) is 10.4. The number of amides is 1. The number of rotatable bonds is 8. The molecule has 2 unspecified atom stereocenters.